The number of aromatic nitrogens is 1. The summed E-state index contributed by atoms with van der Waals surface area (Å²) in [5.74, 6) is 0.571. The van der Waals surface area contributed by atoms with Gasteiger partial charge in [-0.05, 0) is 18.2 Å². The standard InChI is InChI=1S/C17H23N3O3/c1-23-12-2-3-15-13(8-12)14(9-19-15)16(21)10-20-6-4-11(5-7-20)17(18)22/h2-3,8-9,11,16,19,21H,4-7,10H2,1H3,(H2,18,22)/p+1/t16-/m0/s1. The molecule has 1 aliphatic rings. The monoisotopic (exact) mass is 318 g/mol. The molecule has 124 valence electrons. The Morgan fingerprint density at radius 3 is 2.87 bits per heavy atom. The van der Waals surface area contributed by atoms with Crippen molar-refractivity contribution >= 4 is 16.8 Å². The fourth-order valence-corrected chi connectivity index (χ4v) is 3.42. The maximum absolute atomic E-state index is 11.2. The zero-order chi connectivity index (χ0) is 16.4. The molecule has 0 bridgehead atoms. The number of methoxy groups -OCH3 is 1. The van der Waals surface area contributed by atoms with Crippen molar-refractivity contribution in [3.8, 4) is 5.75 Å². The number of amides is 1. The number of nitrogens with one attached hydrogen (secondary N) is 2. The molecular formula is C17H24N3O3+. The van der Waals surface area contributed by atoms with Gasteiger partial charge in [-0.2, -0.15) is 0 Å². The van der Waals surface area contributed by atoms with Crippen LogP contribution in [-0.2, 0) is 4.79 Å². The predicted molar refractivity (Wildman–Crippen MR) is 87.3 cm³/mol. The zero-order valence-corrected chi connectivity index (χ0v) is 13.3. The Labute approximate surface area is 135 Å². The Morgan fingerprint density at radius 2 is 2.22 bits per heavy atom. The van der Waals surface area contributed by atoms with Gasteiger partial charge in [0.25, 0.3) is 0 Å². The van der Waals surface area contributed by atoms with Crippen molar-refractivity contribution in [3.63, 3.8) is 0 Å². The van der Waals surface area contributed by atoms with Crippen LogP contribution < -0.4 is 15.4 Å². The molecule has 1 aromatic heterocycles. The fourth-order valence-electron chi connectivity index (χ4n) is 3.42. The van der Waals surface area contributed by atoms with Crippen LogP contribution in [0, 0.1) is 5.92 Å². The molecule has 1 aromatic carbocycles. The number of aromatic amines is 1. The van der Waals surface area contributed by atoms with Crippen molar-refractivity contribution in [2.45, 2.75) is 18.9 Å². The molecule has 5 N–H and O–H groups in total. The topological polar surface area (TPSA) is 92.8 Å². The normalized spacial score (nSPS) is 22.9. The van der Waals surface area contributed by atoms with E-state index in [9.17, 15) is 9.90 Å². The first-order valence-corrected chi connectivity index (χ1v) is 8.04. The highest BCUT2D eigenvalue weighted by atomic mass is 16.5. The number of ether oxygens (including phenoxy) is 1. The third-order valence-electron chi connectivity index (χ3n) is 4.86. The number of hydrogen-bond acceptors (Lipinski definition) is 3. The van der Waals surface area contributed by atoms with E-state index >= 15 is 0 Å². The Kier molecular flexibility index (Phi) is 4.54. The van der Waals surface area contributed by atoms with Gasteiger partial charge < -0.3 is 25.5 Å². The van der Waals surface area contributed by atoms with Gasteiger partial charge in [0.2, 0.25) is 5.91 Å². The molecule has 0 aliphatic carbocycles. The largest absolute Gasteiger partial charge is 0.497 e. The minimum absolute atomic E-state index is 0.00626. The van der Waals surface area contributed by atoms with Gasteiger partial charge in [0.1, 0.15) is 18.4 Å². The van der Waals surface area contributed by atoms with Gasteiger partial charge in [-0.15, -0.1) is 0 Å². The summed E-state index contributed by atoms with van der Waals surface area (Å²) in [4.78, 5) is 15.7. The molecule has 2 aromatic rings. The van der Waals surface area contributed by atoms with Crippen molar-refractivity contribution in [2.75, 3.05) is 26.7 Å². The second kappa shape index (κ2) is 6.60. The third-order valence-corrected chi connectivity index (χ3v) is 4.86. The molecule has 3 rings (SSSR count). The van der Waals surface area contributed by atoms with Crippen LogP contribution in [0.5, 0.6) is 5.75 Å². The van der Waals surface area contributed by atoms with Crippen LogP contribution in [-0.4, -0.2) is 42.7 Å². The van der Waals surface area contributed by atoms with Gasteiger partial charge in [0.15, 0.2) is 0 Å². The SMILES string of the molecule is COc1ccc2[nH]cc([C@@H](O)C[NH+]3CCC(C(N)=O)CC3)c2c1. The average molecular weight is 318 g/mol. The van der Waals surface area contributed by atoms with Gasteiger partial charge in [0.05, 0.1) is 20.2 Å². The Balaban J connectivity index is 1.69. The number of benzene rings is 1. The van der Waals surface area contributed by atoms with E-state index in [2.05, 4.69) is 4.98 Å². The predicted octanol–water partition coefficient (Wildman–Crippen LogP) is -0.00990. The number of piperidine rings is 1. The van der Waals surface area contributed by atoms with Crippen LogP contribution in [0.3, 0.4) is 0 Å². The Bertz CT molecular complexity index is 689. The number of nitrogens with two attached hydrogens (primary N) is 1. The highest BCUT2D eigenvalue weighted by Gasteiger charge is 2.28. The molecule has 1 saturated heterocycles. The number of fused-ring (bicyclic) bond motifs is 1. The number of H-pyrrole nitrogens is 1. The average Bonchev–Trinajstić information content (AvgIpc) is 2.98. The summed E-state index contributed by atoms with van der Waals surface area (Å²) >= 11 is 0. The molecule has 0 unspecified atom stereocenters. The van der Waals surface area contributed by atoms with Crippen LogP contribution in [0.2, 0.25) is 0 Å². The lowest BCUT2D eigenvalue weighted by Crippen LogP contribution is -3.13. The summed E-state index contributed by atoms with van der Waals surface area (Å²) in [5.41, 5.74) is 7.25. The summed E-state index contributed by atoms with van der Waals surface area (Å²) < 4.78 is 5.27. The van der Waals surface area contributed by atoms with Gasteiger partial charge in [-0.3, -0.25) is 4.79 Å². The summed E-state index contributed by atoms with van der Waals surface area (Å²) in [6, 6.07) is 5.80. The maximum Gasteiger partial charge on any atom is 0.220 e. The summed E-state index contributed by atoms with van der Waals surface area (Å²) in [6.45, 7) is 2.38. The minimum Gasteiger partial charge on any atom is -0.497 e. The lowest BCUT2D eigenvalue weighted by molar-refractivity contribution is -0.909. The number of quaternary nitrogens is 1. The number of likely N-dealkylation sites (tertiary alicyclic amines) is 1. The van der Waals surface area contributed by atoms with Crippen molar-refractivity contribution in [1.82, 2.24) is 4.98 Å². The van der Waals surface area contributed by atoms with E-state index in [4.69, 9.17) is 10.5 Å². The van der Waals surface area contributed by atoms with Gasteiger partial charge in [0, 0.05) is 41.4 Å². The Hall–Kier alpha value is -2.05. The number of aliphatic hydroxyl groups excluding tert-OH is 1. The van der Waals surface area contributed by atoms with E-state index in [1.54, 1.807) is 7.11 Å². The third kappa shape index (κ3) is 3.33. The van der Waals surface area contributed by atoms with E-state index in [-0.39, 0.29) is 11.8 Å². The van der Waals surface area contributed by atoms with E-state index in [0.717, 1.165) is 48.1 Å². The van der Waals surface area contributed by atoms with E-state index in [1.807, 2.05) is 24.4 Å². The fraction of sp³-hybridized carbons (Fsp3) is 0.471. The molecule has 2 heterocycles. The van der Waals surface area contributed by atoms with Crippen molar-refractivity contribution in [3.05, 3.63) is 30.0 Å². The maximum atomic E-state index is 11.2. The molecule has 23 heavy (non-hydrogen) atoms. The number of carbonyl (C=O) groups excluding carboxylic acids is 1. The Morgan fingerprint density at radius 1 is 1.48 bits per heavy atom. The van der Waals surface area contributed by atoms with Crippen LogP contribution >= 0.6 is 0 Å². The van der Waals surface area contributed by atoms with E-state index in [0.29, 0.717) is 6.54 Å². The molecule has 1 amide bonds. The molecule has 0 spiro atoms. The summed E-state index contributed by atoms with van der Waals surface area (Å²) in [5, 5.41) is 11.6. The highest BCUT2D eigenvalue weighted by molar-refractivity contribution is 5.85. The quantitative estimate of drug-likeness (QED) is 0.625. The number of hydrogen-bond donors (Lipinski definition) is 4. The molecule has 1 atom stereocenters. The summed E-state index contributed by atoms with van der Waals surface area (Å²) in [6.07, 6.45) is 2.93. The first-order valence-electron chi connectivity index (χ1n) is 8.04. The van der Waals surface area contributed by atoms with Crippen molar-refractivity contribution in [1.29, 1.82) is 0 Å². The van der Waals surface area contributed by atoms with Crippen molar-refractivity contribution < 1.29 is 19.5 Å². The number of rotatable bonds is 5. The van der Waals surface area contributed by atoms with E-state index in [1.165, 1.54) is 4.90 Å². The second-order valence-corrected chi connectivity index (χ2v) is 6.30. The first-order chi connectivity index (χ1) is 11.1. The number of aliphatic hydroxyl groups is 1. The molecule has 6 nitrogen and oxygen atoms in total. The lowest BCUT2D eigenvalue weighted by atomic mass is 9.96. The van der Waals surface area contributed by atoms with Gasteiger partial charge in [-0.25, -0.2) is 0 Å². The van der Waals surface area contributed by atoms with Crippen LogP contribution in [0.1, 0.15) is 24.5 Å². The molecular weight excluding hydrogens is 294 g/mol. The lowest BCUT2D eigenvalue weighted by Gasteiger charge is -2.29. The smallest absolute Gasteiger partial charge is 0.220 e. The van der Waals surface area contributed by atoms with Crippen molar-refractivity contribution in [2.24, 2.45) is 11.7 Å². The minimum atomic E-state index is -0.545. The molecule has 0 radical (unpaired) electrons. The van der Waals surface area contributed by atoms with Crippen LogP contribution in [0.4, 0.5) is 0 Å². The first kappa shape index (κ1) is 15.8. The van der Waals surface area contributed by atoms with Crippen LogP contribution in [0.15, 0.2) is 24.4 Å². The highest BCUT2D eigenvalue weighted by Crippen LogP contribution is 2.27. The molecule has 0 saturated carbocycles. The molecule has 1 fully saturated rings. The number of carbonyl (C=O) groups is 1. The molecule has 1 aliphatic heterocycles. The van der Waals surface area contributed by atoms with Gasteiger partial charge >= 0.3 is 0 Å². The second-order valence-electron chi connectivity index (χ2n) is 6.30. The number of primary amides is 1. The van der Waals surface area contributed by atoms with Crippen LogP contribution in [0.25, 0.3) is 10.9 Å². The summed E-state index contributed by atoms with van der Waals surface area (Å²) in [7, 11) is 1.64. The van der Waals surface area contributed by atoms with E-state index < -0.39 is 6.10 Å². The molecule has 6 heteroatoms. The zero-order valence-electron chi connectivity index (χ0n) is 13.3. The van der Waals surface area contributed by atoms with Gasteiger partial charge in [-0.1, -0.05) is 0 Å².